The van der Waals surface area contributed by atoms with Crippen molar-refractivity contribution in [2.45, 2.75) is 64.6 Å². The van der Waals surface area contributed by atoms with Crippen molar-refractivity contribution < 1.29 is 9.53 Å². The van der Waals surface area contributed by atoms with Gasteiger partial charge in [0.25, 0.3) is 0 Å². The minimum atomic E-state index is -0.726. The van der Waals surface area contributed by atoms with E-state index < -0.39 is 5.72 Å². The van der Waals surface area contributed by atoms with Gasteiger partial charge in [0, 0.05) is 17.5 Å². The number of carbonyl (C=O) groups excluding carboxylic acids is 1. The summed E-state index contributed by atoms with van der Waals surface area (Å²) in [5, 5.41) is 6.28. The number of nitrogens with one attached hydrogen (secondary N) is 2. The molecule has 0 saturated carbocycles. The number of ether oxygens (including phenoxy) is 1. The molecule has 134 valence electrons. The maximum absolute atomic E-state index is 12.1. The molecule has 5 nitrogen and oxygen atoms in total. The van der Waals surface area contributed by atoms with Gasteiger partial charge in [0.15, 0.2) is 0 Å². The molecule has 1 aromatic carbocycles. The van der Waals surface area contributed by atoms with Crippen LogP contribution in [0, 0.1) is 0 Å². The van der Waals surface area contributed by atoms with Crippen LogP contribution in [0.4, 0.5) is 0 Å². The molecule has 1 amide bonds. The van der Waals surface area contributed by atoms with Crippen molar-refractivity contribution in [2.75, 3.05) is 0 Å². The third kappa shape index (κ3) is 3.41. The molecule has 0 aliphatic carbocycles. The molecule has 1 unspecified atom stereocenters. The van der Waals surface area contributed by atoms with Gasteiger partial charge >= 0.3 is 0 Å². The predicted octanol–water partition coefficient (Wildman–Crippen LogP) is 3.40. The smallest absolute Gasteiger partial charge is 0.229 e. The number of rotatable bonds is 4. The first kappa shape index (κ1) is 17.5. The van der Waals surface area contributed by atoms with Gasteiger partial charge in [-0.15, -0.1) is 0 Å². The zero-order valence-electron chi connectivity index (χ0n) is 15.5. The van der Waals surface area contributed by atoms with Crippen LogP contribution in [0.5, 0.6) is 5.75 Å². The van der Waals surface area contributed by atoms with Crippen LogP contribution in [-0.4, -0.2) is 23.1 Å². The van der Waals surface area contributed by atoms with Gasteiger partial charge in [-0.3, -0.25) is 10.1 Å². The minimum absolute atomic E-state index is 0.00452. The van der Waals surface area contributed by atoms with Crippen LogP contribution < -0.4 is 15.4 Å². The molecule has 1 fully saturated rings. The number of fused-ring (bicyclic) bond motifs is 1. The number of guanidine groups is 1. The molecule has 2 N–H and O–H groups in total. The fraction of sp³-hybridized carbons (Fsp3) is 0.500. The highest BCUT2D eigenvalue weighted by Gasteiger charge is 2.39. The lowest BCUT2D eigenvalue weighted by Gasteiger charge is -2.38. The van der Waals surface area contributed by atoms with Gasteiger partial charge < -0.3 is 10.1 Å². The summed E-state index contributed by atoms with van der Waals surface area (Å²) in [5.41, 5.74) is 2.30. The summed E-state index contributed by atoms with van der Waals surface area (Å²) in [5.74, 6) is 1.36. The van der Waals surface area contributed by atoms with E-state index in [-0.39, 0.29) is 11.4 Å². The van der Waals surface area contributed by atoms with Crippen molar-refractivity contribution in [3.8, 4) is 5.75 Å². The molecule has 25 heavy (non-hydrogen) atoms. The lowest BCUT2D eigenvalue weighted by molar-refractivity contribution is -0.122. The Hall–Kier alpha value is -2.30. The SMILES string of the molecule is C=C(C)c1ccc2c(c1)CC(C)(/N=C1\NC(=O)CC(CC)(CC)N1)O2. The van der Waals surface area contributed by atoms with Crippen LogP contribution in [0.15, 0.2) is 29.8 Å². The van der Waals surface area contributed by atoms with Crippen LogP contribution in [0.2, 0.25) is 0 Å². The van der Waals surface area contributed by atoms with E-state index in [9.17, 15) is 4.79 Å². The maximum atomic E-state index is 12.1. The fourth-order valence-electron chi connectivity index (χ4n) is 3.55. The highest BCUT2D eigenvalue weighted by molar-refractivity contribution is 6.00. The average molecular weight is 341 g/mol. The van der Waals surface area contributed by atoms with Gasteiger partial charge in [0.05, 0.1) is 6.42 Å². The van der Waals surface area contributed by atoms with Gasteiger partial charge in [-0.1, -0.05) is 32.1 Å². The summed E-state index contributed by atoms with van der Waals surface area (Å²) < 4.78 is 6.09. The van der Waals surface area contributed by atoms with E-state index in [1.54, 1.807) is 0 Å². The predicted molar refractivity (Wildman–Crippen MR) is 101 cm³/mol. The van der Waals surface area contributed by atoms with Crippen molar-refractivity contribution in [2.24, 2.45) is 4.99 Å². The van der Waals surface area contributed by atoms with E-state index >= 15 is 0 Å². The number of benzene rings is 1. The third-order valence-electron chi connectivity index (χ3n) is 5.24. The Labute approximate surface area is 149 Å². The fourth-order valence-corrected chi connectivity index (χ4v) is 3.55. The molecular weight excluding hydrogens is 314 g/mol. The second-order valence-electron chi connectivity index (χ2n) is 7.35. The molecule has 2 heterocycles. The number of nitrogens with zero attached hydrogens (tertiary/aromatic N) is 1. The minimum Gasteiger partial charge on any atom is -0.466 e. The van der Waals surface area contributed by atoms with Gasteiger partial charge in [-0.2, -0.15) is 0 Å². The molecule has 1 aromatic rings. The second-order valence-corrected chi connectivity index (χ2v) is 7.35. The highest BCUT2D eigenvalue weighted by Crippen LogP contribution is 2.37. The lowest BCUT2D eigenvalue weighted by atomic mass is 9.87. The highest BCUT2D eigenvalue weighted by atomic mass is 16.5. The second kappa shape index (κ2) is 6.21. The van der Waals surface area contributed by atoms with Gasteiger partial charge in [-0.05, 0) is 44.4 Å². The largest absolute Gasteiger partial charge is 0.466 e. The zero-order valence-corrected chi connectivity index (χ0v) is 15.5. The first-order valence-corrected chi connectivity index (χ1v) is 8.94. The Morgan fingerprint density at radius 3 is 2.68 bits per heavy atom. The van der Waals surface area contributed by atoms with Crippen LogP contribution >= 0.6 is 0 Å². The monoisotopic (exact) mass is 341 g/mol. The summed E-state index contributed by atoms with van der Waals surface area (Å²) in [4.78, 5) is 16.9. The third-order valence-corrected chi connectivity index (χ3v) is 5.24. The normalized spacial score (nSPS) is 25.8. The summed E-state index contributed by atoms with van der Waals surface area (Å²) in [6.07, 6.45) is 2.87. The van der Waals surface area contributed by atoms with Crippen molar-refractivity contribution in [1.82, 2.24) is 10.6 Å². The molecule has 3 rings (SSSR count). The summed E-state index contributed by atoms with van der Waals surface area (Å²) in [7, 11) is 0. The molecule has 1 atom stereocenters. The first-order valence-electron chi connectivity index (χ1n) is 8.94. The Kier molecular flexibility index (Phi) is 4.35. The number of allylic oxidation sites excluding steroid dienone is 1. The van der Waals surface area contributed by atoms with E-state index in [1.165, 1.54) is 0 Å². The number of hydrogen-bond acceptors (Lipinski definition) is 3. The van der Waals surface area contributed by atoms with Crippen LogP contribution in [-0.2, 0) is 11.2 Å². The summed E-state index contributed by atoms with van der Waals surface area (Å²) >= 11 is 0. The molecule has 0 bridgehead atoms. The van der Waals surface area contributed by atoms with Crippen molar-refractivity contribution >= 4 is 17.4 Å². The molecule has 0 radical (unpaired) electrons. The maximum Gasteiger partial charge on any atom is 0.229 e. The Balaban J connectivity index is 1.85. The van der Waals surface area contributed by atoms with Gasteiger partial charge in [-0.25, -0.2) is 4.99 Å². The number of carbonyl (C=O) groups is 1. The summed E-state index contributed by atoms with van der Waals surface area (Å²) in [6.45, 7) is 12.1. The first-order chi connectivity index (χ1) is 11.8. The van der Waals surface area contributed by atoms with Crippen molar-refractivity contribution in [3.63, 3.8) is 0 Å². The Bertz CT molecular complexity index is 749. The molecule has 2 aliphatic heterocycles. The van der Waals surface area contributed by atoms with E-state index in [0.717, 1.165) is 35.3 Å². The summed E-state index contributed by atoms with van der Waals surface area (Å²) in [6, 6.07) is 6.10. The molecule has 1 saturated heterocycles. The number of aliphatic imine (C=N–C) groups is 1. The molecule has 0 spiro atoms. The Morgan fingerprint density at radius 2 is 2.04 bits per heavy atom. The average Bonchev–Trinajstić information content (AvgIpc) is 2.88. The van der Waals surface area contributed by atoms with Crippen LogP contribution in [0.3, 0.4) is 0 Å². The lowest BCUT2D eigenvalue weighted by Crippen LogP contribution is -2.61. The number of hydrogen-bond donors (Lipinski definition) is 2. The Morgan fingerprint density at radius 1 is 1.32 bits per heavy atom. The van der Waals surface area contributed by atoms with E-state index in [1.807, 2.05) is 26.0 Å². The standard InChI is InChI=1S/C20H27N3O2/c1-6-20(7-2)12-17(24)21-18(23-20)22-19(5)11-15-10-14(13(3)4)8-9-16(15)25-19/h8-10H,3,6-7,11-12H2,1-2,4-5H3,(H2,21,22,23,24). The van der Waals surface area contributed by atoms with E-state index in [2.05, 4.69) is 37.1 Å². The quantitative estimate of drug-likeness (QED) is 0.882. The van der Waals surface area contributed by atoms with Crippen molar-refractivity contribution in [1.29, 1.82) is 0 Å². The van der Waals surface area contributed by atoms with Gasteiger partial charge in [0.1, 0.15) is 5.75 Å². The van der Waals surface area contributed by atoms with Crippen LogP contribution in [0.1, 0.15) is 58.1 Å². The van der Waals surface area contributed by atoms with Crippen LogP contribution in [0.25, 0.3) is 5.57 Å². The molecule has 2 aliphatic rings. The van der Waals surface area contributed by atoms with Gasteiger partial charge in [0.2, 0.25) is 17.6 Å². The van der Waals surface area contributed by atoms with Crippen molar-refractivity contribution in [3.05, 3.63) is 35.9 Å². The molecular formula is C20H27N3O2. The van der Waals surface area contributed by atoms with E-state index in [4.69, 9.17) is 9.73 Å². The molecule has 0 aromatic heterocycles. The topological polar surface area (TPSA) is 62.7 Å². The number of amides is 1. The van der Waals surface area contributed by atoms with E-state index in [0.29, 0.717) is 18.8 Å². The zero-order chi connectivity index (χ0) is 18.2. The molecule has 5 heteroatoms.